The molecule has 9 heteroatoms. The van der Waals surface area contributed by atoms with Crippen molar-refractivity contribution in [1.29, 1.82) is 0 Å². The third-order valence-electron chi connectivity index (χ3n) is 6.61. The van der Waals surface area contributed by atoms with Crippen LogP contribution in [0.1, 0.15) is 45.8 Å². The van der Waals surface area contributed by atoms with Crippen molar-refractivity contribution < 1.29 is 18.3 Å². The second-order valence-electron chi connectivity index (χ2n) is 8.32. The molecule has 2 unspecified atom stereocenters. The molecule has 1 aliphatic carbocycles. The van der Waals surface area contributed by atoms with Crippen LogP contribution in [0.3, 0.4) is 0 Å². The first-order chi connectivity index (χ1) is 13.9. The molecule has 154 valence electrons. The number of H-pyrrole nitrogens is 1. The second-order valence-corrected chi connectivity index (χ2v) is 8.32. The molecule has 3 aliphatic rings. The Morgan fingerprint density at radius 2 is 2.14 bits per heavy atom. The molecule has 2 saturated heterocycles. The molecule has 29 heavy (non-hydrogen) atoms. The smallest absolute Gasteiger partial charge is 0.267 e. The van der Waals surface area contributed by atoms with Gasteiger partial charge in [-0.1, -0.05) is 0 Å². The van der Waals surface area contributed by atoms with Crippen LogP contribution >= 0.6 is 0 Å². The molecule has 7 nitrogen and oxygen atoms in total. The predicted molar refractivity (Wildman–Crippen MR) is 100 cm³/mol. The fraction of sp³-hybridized carbons (Fsp3) is 0.500. The van der Waals surface area contributed by atoms with E-state index in [1.165, 1.54) is 0 Å². The van der Waals surface area contributed by atoms with Gasteiger partial charge in [0.1, 0.15) is 23.4 Å². The van der Waals surface area contributed by atoms with Crippen molar-refractivity contribution >= 4 is 5.91 Å². The summed E-state index contributed by atoms with van der Waals surface area (Å²) in [7, 11) is 0. The highest BCUT2D eigenvalue weighted by molar-refractivity contribution is 5.93. The maximum absolute atomic E-state index is 14.1. The van der Waals surface area contributed by atoms with Gasteiger partial charge in [-0.25, -0.2) is 8.78 Å². The molecule has 2 aliphatic heterocycles. The Morgan fingerprint density at radius 1 is 1.31 bits per heavy atom. The third kappa shape index (κ3) is 3.04. The SMILES string of the molecule is NC(=O)c1[nH]nc2c1C1CN([C@H]3CO[C@H](c4cc(F)ccc4F)[C@@H](N)C3)CC1C2. The van der Waals surface area contributed by atoms with Gasteiger partial charge in [0.2, 0.25) is 0 Å². The van der Waals surface area contributed by atoms with E-state index in [9.17, 15) is 13.6 Å². The summed E-state index contributed by atoms with van der Waals surface area (Å²) in [6, 6.07) is 3.01. The number of primary amides is 1. The summed E-state index contributed by atoms with van der Waals surface area (Å²) in [5.74, 6) is -0.906. The molecule has 3 heterocycles. The average Bonchev–Trinajstić information content (AvgIpc) is 3.34. The molecule has 1 aromatic carbocycles. The number of carbonyl (C=O) groups is 1. The Hall–Kier alpha value is -2.36. The number of nitrogens with one attached hydrogen (secondary N) is 1. The van der Waals surface area contributed by atoms with E-state index in [4.69, 9.17) is 16.2 Å². The van der Waals surface area contributed by atoms with Crippen molar-refractivity contribution in [3.63, 3.8) is 0 Å². The zero-order valence-electron chi connectivity index (χ0n) is 15.8. The van der Waals surface area contributed by atoms with Crippen molar-refractivity contribution in [2.24, 2.45) is 17.4 Å². The van der Waals surface area contributed by atoms with Gasteiger partial charge in [0.15, 0.2) is 0 Å². The van der Waals surface area contributed by atoms with E-state index < -0.39 is 29.7 Å². The Morgan fingerprint density at radius 3 is 2.90 bits per heavy atom. The van der Waals surface area contributed by atoms with Crippen LogP contribution in [0.2, 0.25) is 0 Å². The van der Waals surface area contributed by atoms with E-state index in [1.54, 1.807) is 0 Å². The predicted octanol–water partition coefficient (Wildman–Crippen LogP) is 1.22. The number of ether oxygens (including phenoxy) is 1. The normalized spacial score (nSPS) is 31.6. The highest BCUT2D eigenvalue weighted by atomic mass is 19.1. The van der Waals surface area contributed by atoms with E-state index >= 15 is 0 Å². The molecule has 0 spiro atoms. The number of rotatable bonds is 3. The van der Waals surface area contributed by atoms with Gasteiger partial charge < -0.3 is 16.2 Å². The number of fused-ring (bicyclic) bond motifs is 3. The first-order valence-electron chi connectivity index (χ1n) is 9.85. The van der Waals surface area contributed by atoms with Gasteiger partial charge in [-0.05, 0) is 37.0 Å². The van der Waals surface area contributed by atoms with Gasteiger partial charge >= 0.3 is 0 Å². The summed E-state index contributed by atoms with van der Waals surface area (Å²) in [5.41, 5.74) is 14.3. The van der Waals surface area contributed by atoms with Crippen LogP contribution in [-0.4, -0.2) is 52.8 Å². The lowest BCUT2D eigenvalue weighted by Gasteiger charge is -2.39. The number of carbonyl (C=O) groups excluding carboxylic acids is 1. The molecule has 0 bridgehead atoms. The lowest BCUT2D eigenvalue weighted by atomic mass is 9.93. The Balaban J connectivity index is 1.29. The van der Waals surface area contributed by atoms with Gasteiger partial charge in [-0.3, -0.25) is 14.8 Å². The summed E-state index contributed by atoms with van der Waals surface area (Å²) < 4.78 is 33.6. The monoisotopic (exact) mass is 403 g/mol. The third-order valence-corrected chi connectivity index (χ3v) is 6.61. The molecular weight excluding hydrogens is 380 g/mol. The van der Waals surface area contributed by atoms with Crippen LogP contribution in [0, 0.1) is 17.6 Å². The van der Waals surface area contributed by atoms with Crippen molar-refractivity contribution in [3.05, 3.63) is 52.3 Å². The topological polar surface area (TPSA) is 110 Å². The fourth-order valence-electron chi connectivity index (χ4n) is 5.27. The van der Waals surface area contributed by atoms with Crippen LogP contribution in [-0.2, 0) is 11.2 Å². The molecule has 2 aromatic rings. The molecule has 0 radical (unpaired) electrons. The summed E-state index contributed by atoms with van der Waals surface area (Å²) in [6.45, 7) is 2.03. The average molecular weight is 403 g/mol. The number of nitrogens with zero attached hydrogens (tertiary/aromatic N) is 2. The molecule has 1 amide bonds. The number of likely N-dealkylation sites (tertiary alicyclic amines) is 1. The van der Waals surface area contributed by atoms with E-state index in [0.717, 1.165) is 49.0 Å². The lowest BCUT2D eigenvalue weighted by Crippen LogP contribution is -2.49. The standard InChI is InChI=1S/C20H23F2N5O2/c21-10-1-2-14(22)12(4-10)19-15(23)5-11(8-29-19)27-6-9-3-16-17(13(9)7-27)18(20(24)28)26-25-16/h1-2,4,9,11,13,15,19H,3,5-8,23H2,(H2,24,28)(H,25,26)/t9?,11-,13?,15+,19-/m1/s1. The van der Waals surface area contributed by atoms with E-state index in [1.807, 2.05) is 0 Å². The molecule has 0 saturated carbocycles. The van der Waals surface area contributed by atoms with Gasteiger partial charge in [0.25, 0.3) is 5.91 Å². The lowest BCUT2D eigenvalue weighted by molar-refractivity contribution is -0.0479. The minimum absolute atomic E-state index is 0.0934. The number of amides is 1. The molecule has 1 aromatic heterocycles. The number of nitrogens with two attached hydrogens (primary N) is 2. The second kappa shape index (κ2) is 6.86. The Bertz CT molecular complexity index is 964. The zero-order chi connectivity index (χ0) is 20.3. The van der Waals surface area contributed by atoms with Crippen LogP contribution in [0.15, 0.2) is 18.2 Å². The van der Waals surface area contributed by atoms with Crippen molar-refractivity contribution in [2.75, 3.05) is 19.7 Å². The number of benzene rings is 1. The number of aromatic amines is 1. The van der Waals surface area contributed by atoms with Crippen molar-refractivity contribution in [1.82, 2.24) is 15.1 Å². The van der Waals surface area contributed by atoms with E-state index in [0.29, 0.717) is 24.6 Å². The Kier molecular flexibility index (Phi) is 4.41. The van der Waals surface area contributed by atoms with Gasteiger partial charge in [0.05, 0.1) is 12.3 Å². The summed E-state index contributed by atoms with van der Waals surface area (Å²) >= 11 is 0. The molecule has 5 atom stereocenters. The van der Waals surface area contributed by atoms with Gasteiger partial charge in [0, 0.05) is 42.2 Å². The summed E-state index contributed by atoms with van der Waals surface area (Å²) in [5, 5.41) is 7.02. The number of halogens is 2. The van der Waals surface area contributed by atoms with Crippen LogP contribution in [0.5, 0.6) is 0 Å². The van der Waals surface area contributed by atoms with Crippen LogP contribution in [0.4, 0.5) is 8.78 Å². The van der Waals surface area contributed by atoms with Crippen molar-refractivity contribution in [3.8, 4) is 0 Å². The largest absolute Gasteiger partial charge is 0.370 e. The minimum Gasteiger partial charge on any atom is -0.370 e. The molecular formula is C20H23F2N5O2. The quantitative estimate of drug-likeness (QED) is 0.714. The first kappa shape index (κ1) is 18.7. The van der Waals surface area contributed by atoms with Crippen molar-refractivity contribution in [2.45, 2.75) is 36.9 Å². The van der Waals surface area contributed by atoms with Gasteiger partial charge in [-0.15, -0.1) is 0 Å². The first-order valence-corrected chi connectivity index (χ1v) is 9.85. The highest BCUT2D eigenvalue weighted by Gasteiger charge is 2.46. The highest BCUT2D eigenvalue weighted by Crippen LogP contribution is 2.45. The molecule has 2 fully saturated rings. The van der Waals surface area contributed by atoms with E-state index in [-0.39, 0.29) is 17.5 Å². The Labute approximate surface area is 166 Å². The summed E-state index contributed by atoms with van der Waals surface area (Å²) in [4.78, 5) is 14.0. The van der Waals surface area contributed by atoms with E-state index in [2.05, 4.69) is 15.1 Å². The zero-order valence-corrected chi connectivity index (χ0v) is 15.8. The maximum Gasteiger partial charge on any atom is 0.267 e. The molecule has 5 rings (SSSR count). The summed E-state index contributed by atoms with van der Waals surface area (Å²) in [6.07, 6.45) is 0.781. The maximum atomic E-state index is 14.1. The number of hydrogen-bond acceptors (Lipinski definition) is 5. The fourth-order valence-corrected chi connectivity index (χ4v) is 5.27. The minimum atomic E-state index is -0.661. The number of hydrogen-bond donors (Lipinski definition) is 3. The number of aromatic nitrogens is 2. The van der Waals surface area contributed by atoms with Crippen LogP contribution in [0.25, 0.3) is 0 Å². The van der Waals surface area contributed by atoms with Crippen LogP contribution < -0.4 is 11.5 Å². The molecule has 5 N–H and O–H groups in total. The van der Waals surface area contributed by atoms with Gasteiger partial charge in [-0.2, -0.15) is 5.10 Å².